The summed E-state index contributed by atoms with van der Waals surface area (Å²) < 4.78 is 43.6. The molecule has 1 aromatic carbocycles. The maximum absolute atomic E-state index is 14.0. The first-order valence-electron chi connectivity index (χ1n) is 10.6. The minimum Gasteiger partial charge on any atom is -0.362 e. The number of halogens is 5. The number of nitrogens with one attached hydrogen (secondary N) is 1. The number of piperazine rings is 1. The Morgan fingerprint density at radius 2 is 1.94 bits per heavy atom. The zero-order valence-corrected chi connectivity index (χ0v) is 19.4. The summed E-state index contributed by atoms with van der Waals surface area (Å²) in [5.74, 6) is -0.373. The van der Waals surface area contributed by atoms with Gasteiger partial charge in [-0.05, 0) is 37.1 Å². The van der Waals surface area contributed by atoms with Crippen LogP contribution < -0.4 is 5.32 Å². The average Bonchev–Trinajstić information content (AvgIpc) is 3.36. The maximum atomic E-state index is 14.0. The fraction of sp³-hybridized carbons (Fsp3) is 0.524. The van der Waals surface area contributed by atoms with Crippen LogP contribution in [0.1, 0.15) is 47.4 Å². The Kier molecular flexibility index (Phi) is 5.66. The molecule has 11 heteroatoms. The van der Waals surface area contributed by atoms with Gasteiger partial charge < -0.3 is 10.2 Å². The van der Waals surface area contributed by atoms with Gasteiger partial charge in [0.05, 0.1) is 6.04 Å². The van der Waals surface area contributed by atoms with Gasteiger partial charge in [0, 0.05) is 36.6 Å². The number of amides is 1. The maximum Gasteiger partial charge on any atom is 0.410 e. The van der Waals surface area contributed by atoms with Crippen molar-refractivity contribution in [2.75, 3.05) is 31.5 Å². The fourth-order valence-electron chi connectivity index (χ4n) is 4.97. The van der Waals surface area contributed by atoms with E-state index in [0.29, 0.717) is 24.7 Å². The number of carbonyl (C=O) groups excluding carboxylic acids is 1. The number of anilines is 1. The lowest BCUT2D eigenvalue weighted by Crippen LogP contribution is -2.52. The minimum atomic E-state index is -4.53. The Balaban J connectivity index is 1.47. The molecular weight excluding hydrogens is 511 g/mol. The molecule has 0 saturated carbocycles. The summed E-state index contributed by atoms with van der Waals surface area (Å²) in [4.78, 5) is 17.2. The third-order valence-corrected chi connectivity index (χ3v) is 7.53. The van der Waals surface area contributed by atoms with Gasteiger partial charge in [0.1, 0.15) is 10.8 Å². The van der Waals surface area contributed by atoms with E-state index in [9.17, 15) is 18.0 Å². The topological polar surface area (TPSA) is 53.4 Å². The van der Waals surface area contributed by atoms with Gasteiger partial charge in [-0.15, -0.1) is 0 Å². The van der Waals surface area contributed by atoms with E-state index in [-0.39, 0.29) is 23.0 Å². The van der Waals surface area contributed by atoms with Gasteiger partial charge in [0.15, 0.2) is 11.7 Å². The second-order valence-corrected chi connectivity index (χ2v) is 9.87. The van der Waals surface area contributed by atoms with Crippen molar-refractivity contribution in [3.05, 3.63) is 45.0 Å². The van der Waals surface area contributed by atoms with E-state index < -0.39 is 24.2 Å². The molecule has 0 aliphatic carbocycles. The standard InChI is InChI=1S/C21H22BrClF3N5O/c22-13-5-3-12(4-6-13)15-10-16(21(24,25)26)31-19(27-15)17(23)18(28-31)20(32)30-9-8-29-7-1-2-14(29)11-30/h3-6,14-16,27H,1-2,7-11H2/t14-,15-,16-/m1/s1. The smallest absolute Gasteiger partial charge is 0.362 e. The molecule has 1 aromatic heterocycles. The first-order chi connectivity index (χ1) is 15.2. The largest absolute Gasteiger partial charge is 0.410 e. The summed E-state index contributed by atoms with van der Waals surface area (Å²) in [5, 5.41) is 7.13. The molecule has 0 unspecified atom stereocenters. The van der Waals surface area contributed by atoms with E-state index in [1.807, 2.05) is 0 Å². The molecular formula is C21H22BrClF3N5O. The van der Waals surface area contributed by atoms with Crippen LogP contribution in [-0.4, -0.2) is 63.9 Å². The van der Waals surface area contributed by atoms with Crippen molar-refractivity contribution in [2.24, 2.45) is 0 Å². The van der Waals surface area contributed by atoms with Crippen LogP contribution in [0, 0.1) is 0 Å². The van der Waals surface area contributed by atoms with Crippen LogP contribution in [0.2, 0.25) is 5.02 Å². The van der Waals surface area contributed by atoms with Gasteiger partial charge in [-0.1, -0.05) is 39.7 Å². The van der Waals surface area contributed by atoms with E-state index in [1.54, 1.807) is 29.2 Å². The van der Waals surface area contributed by atoms with Crippen molar-refractivity contribution in [3.63, 3.8) is 0 Å². The van der Waals surface area contributed by atoms with E-state index in [1.165, 1.54) is 0 Å². The van der Waals surface area contributed by atoms with Crippen LogP contribution in [-0.2, 0) is 0 Å². The predicted molar refractivity (Wildman–Crippen MR) is 118 cm³/mol. The zero-order chi connectivity index (χ0) is 22.6. The van der Waals surface area contributed by atoms with Gasteiger partial charge in [0.25, 0.3) is 5.91 Å². The third kappa shape index (κ3) is 3.90. The first-order valence-corrected chi connectivity index (χ1v) is 11.8. The highest BCUT2D eigenvalue weighted by Gasteiger charge is 2.48. The minimum absolute atomic E-state index is 0.0380. The molecule has 3 atom stereocenters. The van der Waals surface area contributed by atoms with Crippen LogP contribution in [0.4, 0.5) is 19.0 Å². The fourth-order valence-corrected chi connectivity index (χ4v) is 5.49. The van der Waals surface area contributed by atoms with Crippen molar-refractivity contribution in [3.8, 4) is 0 Å². The Labute approximate surface area is 196 Å². The molecule has 3 aliphatic rings. The number of hydrogen-bond acceptors (Lipinski definition) is 4. The molecule has 1 amide bonds. The Morgan fingerprint density at radius 1 is 1.19 bits per heavy atom. The summed E-state index contributed by atoms with van der Waals surface area (Å²) >= 11 is 9.83. The van der Waals surface area contributed by atoms with Crippen LogP contribution in [0.3, 0.4) is 0 Å². The van der Waals surface area contributed by atoms with Crippen LogP contribution >= 0.6 is 27.5 Å². The lowest BCUT2D eigenvalue weighted by atomic mass is 9.97. The second-order valence-electron chi connectivity index (χ2n) is 8.58. The summed E-state index contributed by atoms with van der Waals surface area (Å²) in [6.07, 6.45) is -2.66. The highest BCUT2D eigenvalue weighted by molar-refractivity contribution is 9.10. The van der Waals surface area contributed by atoms with Crippen LogP contribution in [0.25, 0.3) is 0 Å². The third-order valence-electron chi connectivity index (χ3n) is 6.65. The summed E-state index contributed by atoms with van der Waals surface area (Å²) in [6, 6.07) is 4.91. The molecule has 5 rings (SSSR count). The lowest BCUT2D eigenvalue weighted by Gasteiger charge is -2.37. The molecule has 32 heavy (non-hydrogen) atoms. The Hall–Kier alpha value is -1.78. The monoisotopic (exact) mass is 531 g/mol. The van der Waals surface area contributed by atoms with Crippen molar-refractivity contribution in [1.29, 1.82) is 0 Å². The normalized spacial score (nSPS) is 25.9. The highest BCUT2D eigenvalue weighted by Crippen LogP contribution is 2.46. The van der Waals surface area contributed by atoms with Crippen LogP contribution in [0.5, 0.6) is 0 Å². The van der Waals surface area contributed by atoms with Crippen molar-refractivity contribution < 1.29 is 18.0 Å². The number of nitrogens with zero attached hydrogens (tertiary/aromatic N) is 4. The number of aromatic nitrogens is 2. The molecule has 4 heterocycles. The van der Waals surface area contributed by atoms with Gasteiger partial charge in [-0.3, -0.25) is 9.69 Å². The Bertz CT molecular complexity index is 1030. The molecule has 172 valence electrons. The van der Waals surface area contributed by atoms with Crippen molar-refractivity contribution in [1.82, 2.24) is 19.6 Å². The molecule has 0 spiro atoms. The zero-order valence-electron chi connectivity index (χ0n) is 17.1. The second kappa shape index (κ2) is 8.22. The average molecular weight is 533 g/mol. The van der Waals surface area contributed by atoms with Gasteiger partial charge >= 0.3 is 6.18 Å². The molecule has 2 aromatic rings. The van der Waals surface area contributed by atoms with Crippen molar-refractivity contribution in [2.45, 2.75) is 43.6 Å². The lowest BCUT2D eigenvalue weighted by molar-refractivity contribution is -0.173. The van der Waals surface area contributed by atoms with E-state index in [0.717, 1.165) is 35.1 Å². The molecule has 0 bridgehead atoms. The number of rotatable bonds is 2. The predicted octanol–water partition coefficient (Wildman–Crippen LogP) is 4.88. The molecule has 2 saturated heterocycles. The first kappa shape index (κ1) is 22.0. The molecule has 6 nitrogen and oxygen atoms in total. The number of benzene rings is 1. The van der Waals surface area contributed by atoms with E-state index >= 15 is 0 Å². The molecule has 2 fully saturated rings. The highest BCUT2D eigenvalue weighted by atomic mass is 79.9. The molecule has 0 radical (unpaired) electrons. The van der Waals surface area contributed by atoms with Crippen LogP contribution in [0.15, 0.2) is 28.7 Å². The summed E-state index contributed by atoms with van der Waals surface area (Å²) in [6.45, 7) is 2.86. The van der Waals surface area contributed by atoms with Gasteiger partial charge in [-0.25, -0.2) is 4.68 Å². The molecule has 3 aliphatic heterocycles. The van der Waals surface area contributed by atoms with E-state index in [2.05, 4.69) is 31.2 Å². The SMILES string of the molecule is O=C(c1nn2c(c1Cl)N[C@@H](c1ccc(Br)cc1)C[C@@H]2C(F)(F)F)N1CCN2CCC[C@@H]2C1. The molecule has 1 N–H and O–H groups in total. The van der Waals surface area contributed by atoms with E-state index in [4.69, 9.17) is 11.6 Å². The van der Waals surface area contributed by atoms with Crippen molar-refractivity contribution >= 4 is 39.3 Å². The van der Waals surface area contributed by atoms with Gasteiger partial charge in [-0.2, -0.15) is 18.3 Å². The quantitative estimate of drug-likeness (QED) is 0.599. The van der Waals surface area contributed by atoms with Gasteiger partial charge in [0.2, 0.25) is 0 Å². The summed E-state index contributed by atoms with van der Waals surface area (Å²) in [7, 11) is 0. The number of fused-ring (bicyclic) bond motifs is 2. The Morgan fingerprint density at radius 3 is 2.66 bits per heavy atom. The number of alkyl halides is 3. The number of hydrogen-bond donors (Lipinski definition) is 1. The summed E-state index contributed by atoms with van der Waals surface area (Å²) in [5.41, 5.74) is 0.586. The number of carbonyl (C=O) groups is 1.